The fraction of sp³-hybridized carbons (Fsp3) is 0.600. The molecule has 0 unspecified atom stereocenters. The summed E-state index contributed by atoms with van der Waals surface area (Å²) in [7, 11) is 1.79. The molecular weight excluding hydrogens is 330 g/mol. The summed E-state index contributed by atoms with van der Waals surface area (Å²) in [5, 5.41) is 0. The molecule has 140 valence electrons. The van der Waals surface area contributed by atoms with E-state index < -0.39 is 0 Å². The Balaban J connectivity index is 1.29. The minimum absolute atomic E-state index is 0.211. The number of fused-ring (bicyclic) bond motifs is 1. The fourth-order valence-corrected chi connectivity index (χ4v) is 4.42. The van der Waals surface area contributed by atoms with Crippen molar-refractivity contribution in [1.29, 1.82) is 0 Å². The van der Waals surface area contributed by atoms with Crippen LogP contribution in [0.3, 0.4) is 0 Å². The topological polar surface area (TPSA) is 53.1 Å². The zero-order valence-corrected chi connectivity index (χ0v) is 15.4. The Labute approximate surface area is 154 Å². The lowest BCUT2D eigenvalue weighted by Gasteiger charge is -2.37. The second-order valence-electron chi connectivity index (χ2n) is 7.78. The lowest BCUT2D eigenvalue weighted by Crippen LogP contribution is -2.47. The number of benzene rings is 1. The highest BCUT2D eigenvalue weighted by atomic mass is 16.6. The Morgan fingerprint density at radius 2 is 1.96 bits per heavy atom. The number of para-hydroxylation sites is 1. The van der Waals surface area contributed by atoms with Crippen molar-refractivity contribution in [2.75, 3.05) is 44.7 Å². The average molecular weight is 357 g/mol. The van der Waals surface area contributed by atoms with Crippen LogP contribution in [0.25, 0.3) is 0 Å². The Bertz CT molecular complexity index is 697. The summed E-state index contributed by atoms with van der Waals surface area (Å²) in [6, 6.07) is 8.23. The van der Waals surface area contributed by atoms with Gasteiger partial charge in [-0.05, 0) is 24.5 Å². The van der Waals surface area contributed by atoms with Crippen molar-refractivity contribution in [2.45, 2.75) is 37.7 Å². The number of anilines is 1. The van der Waals surface area contributed by atoms with Crippen LogP contribution in [0.5, 0.6) is 0 Å². The second-order valence-corrected chi connectivity index (χ2v) is 7.78. The molecule has 2 saturated heterocycles. The third kappa shape index (κ3) is 3.30. The summed E-state index contributed by atoms with van der Waals surface area (Å²) in [6.07, 6.45) is 4.13. The van der Waals surface area contributed by atoms with Gasteiger partial charge in [-0.2, -0.15) is 0 Å². The fourth-order valence-electron chi connectivity index (χ4n) is 4.42. The highest BCUT2D eigenvalue weighted by molar-refractivity contribution is 5.94. The van der Waals surface area contributed by atoms with E-state index in [1.54, 1.807) is 11.9 Å². The third-order valence-corrected chi connectivity index (χ3v) is 5.96. The van der Waals surface area contributed by atoms with Gasteiger partial charge < -0.3 is 19.4 Å². The van der Waals surface area contributed by atoms with Gasteiger partial charge in [0.1, 0.15) is 5.60 Å². The number of likely N-dealkylation sites (N-methyl/N-ethyl adjacent to an activating group) is 1. The zero-order valence-electron chi connectivity index (χ0n) is 15.4. The van der Waals surface area contributed by atoms with E-state index in [2.05, 4.69) is 17.0 Å². The van der Waals surface area contributed by atoms with Gasteiger partial charge in [-0.3, -0.25) is 4.79 Å². The summed E-state index contributed by atoms with van der Waals surface area (Å²) in [5.41, 5.74) is 2.06. The minimum Gasteiger partial charge on any atom is -0.441 e. The number of hydrogen-bond donors (Lipinski definition) is 0. The predicted molar refractivity (Wildman–Crippen MR) is 99.2 cm³/mol. The van der Waals surface area contributed by atoms with E-state index in [1.807, 2.05) is 17.0 Å². The van der Waals surface area contributed by atoms with Crippen molar-refractivity contribution >= 4 is 17.7 Å². The summed E-state index contributed by atoms with van der Waals surface area (Å²) in [5.74, 6) is 0.212. The second kappa shape index (κ2) is 6.91. The Hall–Kier alpha value is -2.08. The molecule has 0 N–H and O–H groups in total. The summed E-state index contributed by atoms with van der Waals surface area (Å²) in [6.45, 7) is 4.04. The molecule has 0 aliphatic carbocycles. The van der Waals surface area contributed by atoms with Gasteiger partial charge >= 0.3 is 6.09 Å². The first kappa shape index (κ1) is 17.3. The van der Waals surface area contributed by atoms with Gasteiger partial charge in [0.15, 0.2) is 0 Å². The van der Waals surface area contributed by atoms with Crippen LogP contribution in [-0.4, -0.2) is 67.2 Å². The molecule has 0 saturated carbocycles. The van der Waals surface area contributed by atoms with Crippen molar-refractivity contribution in [1.82, 2.24) is 9.80 Å². The highest BCUT2D eigenvalue weighted by Gasteiger charge is 2.45. The van der Waals surface area contributed by atoms with Gasteiger partial charge in [-0.25, -0.2) is 4.79 Å². The molecule has 1 spiro atoms. The minimum atomic E-state index is -0.307. The number of carbonyl (C=O) groups excluding carboxylic acids is 2. The van der Waals surface area contributed by atoms with Gasteiger partial charge in [-0.1, -0.05) is 18.2 Å². The maximum atomic E-state index is 12.8. The van der Waals surface area contributed by atoms with Crippen LogP contribution >= 0.6 is 0 Å². The first-order valence-electron chi connectivity index (χ1n) is 9.61. The molecule has 6 nitrogen and oxygen atoms in total. The van der Waals surface area contributed by atoms with E-state index in [9.17, 15) is 9.59 Å². The first-order valence-corrected chi connectivity index (χ1v) is 9.61. The largest absolute Gasteiger partial charge is 0.441 e. The molecule has 1 aromatic carbocycles. The molecule has 0 atom stereocenters. The standard InChI is InChI=1S/C20H27N3O3/c1-21-15-20(26-19(21)25)9-13-22(14-10-20)12-8-18(24)23-11-4-6-16-5-2-3-7-17(16)23/h2-3,5,7H,4,6,8-15H2,1H3. The van der Waals surface area contributed by atoms with Gasteiger partial charge in [0.2, 0.25) is 5.91 Å². The predicted octanol–water partition coefficient (Wildman–Crippen LogP) is 2.27. The average Bonchev–Trinajstić information content (AvgIpc) is 2.94. The molecule has 0 aromatic heterocycles. The van der Waals surface area contributed by atoms with Gasteiger partial charge in [0.25, 0.3) is 0 Å². The van der Waals surface area contributed by atoms with Crippen LogP contribution in [-0.2, 0) is 16.0 Å². The van der Waals surface area contributed by atoms with Gasteiger partial charge in [-0.15, -0.1) is 0 Å². The Morgan fingerprint density at radius 1 is 1.19 bits per heavy atom. The Kier molecular flexibility index (Phi) is 4.61. The van der Waals surface area contributed by atoms with E-state index in [1.165, 1.54) is 5.56 Å². The molecule has 3 aliphatic heterocycles. The number of ether oxygens (including phenoxy) is 1. The molecule has 1 aromatic rings. The number of hydrogen-bond acceptors (Lipinski definition) is 4. The van der Waals surface area contributed by atoms with E-state index >= 15 is 0 Å². The van der Waals surface area contributed by atoms with Crippen molar-refractivity contribution < 1.29 is 14.3 Å². The van der Waals surface area contributed by atoms with E-state index in [0.29, 0.717) is 13.0 Å². The van der Waals surface area contributed by atoms with Gasteiger partial charge in [0.05, 0.1) is 6.54 Å². The molecule has 2 amide bonds. The monoisotopic (exact) mass is 357 g/mol. The molecule has 0 bridgehead atoms. The van der Waals surface area contributed by atoms with Crippen LogP contribution in [0.1, 0.15) is 31.2 Å². The molecule has 3 heterocycles. The van der Waals surface area contributed by atoms with Crippen molar-refractivity contribution in [3.63, 3.8) is 0 Å². The van der Waals surface area contributed by atoms with Crippen LogP contribution in [0.4, 0.5) is 10.5 Å². The third-order valence-electron chi connectivity index (χ3n) is 5.96. The lowest BCUT2D eigenvalue weighted by atomic mass is 9.91. The Morgan fingerprint density at radius 3 is 2.69 bits per heavy atom. The molecule has 4 rings (SSSR count). The van der Waals surface area contributed by atoms with Crippen LogP contribution < -0.4 is 4.90 Å². The van der Waals surface area contributed by atoms with Crippen LogP contribution in [0, 0.1) is 0 Å². The molecule has 3 aliphatic rings. The van der Waals surface area contributed by atoms with Gasteiger partial charge in [0, 0.05) is 58.2 Å². The number of carbonyl (C=O) groups is 2. The summed E-state index contributed by atoms with van der Waals surface area (Å²) < 4.78 is 5.60. The highest BCUT2D eigenvalue weighted by Crippen LogP contribution is 2.32. The van der Waals surface area contributed by atoms with E-state index in [4.69, 9.17) is 4.74 Å². The quantitative estimate of drug-likeness (QED) is 0.833. The molecule has 6 heteroatoms. The maximum Gasteiger partial charge on any atom is 0.410 e. The normalized spacial score (nSPS) is 22.4. The summed E-state index contributed by atoms with van der Waals surface area (Å²) in [4.78, 5) is 30.4. The first-order chi connectivity index (χ1) is 12.6. The number of aryl methyl sites for hydroxylation is 1. The number of likely N-dealkylation sites (tertiary alicyclic amines) is 1. The van der Waals surface area contributed by atoms with Crippen LogP contribution in [0.2, 0.25) is 0 Å². The molecular formula is C20H27N3O3. The number of amides is 2. The van der Waals surface area contributed by atoms with Crippen molar-refractivity contribution in [3.05, 3.63) is 29.8 Å². The molecule has 26 heavy (non-hydrogen) atoms. The molecule has 2 fully saturated rings. The van der Waals surface area contributed by atoms with E-state index in [0.717, 1.165) is 57.5 Å². The number of rotatable bonds is 3. The zero-order chi connectivity index (χ0) is 18.1. The van der Waals surface area contributed by atoms with Crippen molar-refractivity contribution in [3.8, 4) is 0 Å². The summed E-state index contributed by atoms with van der Waals surface area (Å²) >= 11 is 0. The number of nitrogens with zero attached hydrogens (tertiary/aromatic N) is 3. The van der Waals surface area contributed by atoms with Crippen LogP contribution in [0.15, 0.2) is 24.3 Å². The lowest BCUT2D eigenvalue weighted by molar-refractivity contribution is -0.119. The van der Waals surface area contributed by atoms with E-state index in [-0.39, 0.29) is 17.6 Å². The number of piperidine rings is 1. The maximum absolute atomic E-state index is 12.8. The smallest absolute Gasteiger partial charge is 0.410 e. The SMILES string of the molecule is CN1CC2(CCN(CCC(=O)N3CCCc4ccccc43)CC2)OC1=O. The molecule has 0 radical (unpaired) electrons. The van der Waals surface area contributed by atoms with Crippen molar-refractivity contribution in [2.24, 2.45) is 0 Å².